The van der Waals surface area contributed by atoms with Crippen LogP contribution < -0.4 is 51.4 Å². The molecule has 7 heteroatoms. The Kier molecular flexibility index (Phi) is 7.15. The predicted molar refractivity (Wildman–Crippen MR) is 54.4 cm³/mol. The molecule has 0 heterocycles. The first-order valence-electron chi connectivity index (χ1n) is 3.73. The number of hydrogen-bond donors (Lipinski definition) is 0. The van der Waals surface area contributed by atoms with Crippen molar-refractivity contribution in [2.75, 3.05) is 0 Å². The van der Waals surface area contributed by atoms with E-state index in [1.807, 2.05) is 0 Å². The minimum atomic E-state index is -5.02. The zero-order valence-electron chi connectivity index (χ0n) is 7.85. The van der Waals surface area contributed by atoms with E-state index in [9.17, 15) is 12.9 Å². The maximum atomic E-state index is 12.0. The SMILES string of the molecule is F[B-](F)(F)/C=C(\Cl)c1cccc(Cl)c1.[K+]. The Bertz CT molecular complexity index is 365. The van der Waals surface area contributed by atoms with E-state index in [0.717, 1.165) is 0 Å². The Morgan fingerprint density at radius 1 is 1.27 bits per heavy atom. The zero-order valence-corrected chi connectivity index (χ0v) is 12.5. The number of rotatable bonds is 2. The van der Waals surface area contributed by atoms with Crippen LogP contribution in [0.15, 0.2) is 30.2 Å². The van der Waals surface area contributed by atoms with E-state index in [-0.39, 0.29) is 68.0 Å². The predicted octanol–water partition coefficient (Wildman–Crippen LogP) is 1.31. The molecule has 0 nitrogen and oxygen atoms in total. The van der Waals surface area contributed by atoms with Crippen LogP contribution in [0.5, 0.6) is 0 Å². The number of benzene rings is 1. The molecule has 0 aliphatic rings. The van der Waals surface area contributed by atoms with Crippen LogP contribution in [0, 0.1) is 0 Å². The van der Waals surface area contributed by atoms with Crippen LogP contribution in [0.4, 0.5) is 12.9 Å². The summed E-state index contributed by atoms with van der Waals surface area (Å²) in [5, 5.41) is 0.00345. The Labute approximate surface area is 138 Å². The fourth-order valence-corrected chi connectivity index (χ4v) is 1.35. The molecule has 0 radical (unpaired) electrons. The summed E-state index contributed by atoms with van der Waals surface area (Å²) >= 11 is 11.1. The molecule has 0 bridgehead atoms. The molecular weight excluding hydrogens is 274 g/mol. The van der Waals surface area contributed by atoms with E-state index in [0.29, 0.717) is 5.02 Å². The minimum absolute atomic E-state index is 0. The van der Waals surface area contributed by atoms with Crippen molar-refractivity contribution < 1.29 is 64.3 Å². The molecule has 0 aromatic heterocycles. The molecule has 0 amide bonds. The van der Waals surface area contributed by atoms with Gasteiger partial charge in [0.05, 0.1) is 0 Å². The van der Waals surface area contributed by atoms with E-state index in [1.54, 1.807) is 6.07 Å². The monoisotopic (exact) mass is 278 g/mol. The average Bonchev–Trinajstić information content (AvgIpc) is 2.01. The normalized spacial score (nSPS) is 12.2. The third kappa shape index (κ3) is 6.36. The van der Waals surface area contributed by atoms with E-state index >= 15 is 0 Å². The molecule has 0 fully saturated rings. The van der Waals surface area contributed by atoms with Crippen molar-refractivity contribution >= 4 is 35.2 Å². The summed E-state index contributed by atoms with van der Waals surface area (Å²) in [6.45, 7) is -5.02. The Balaban J connectivity index is 0.00000196. The number of hydrogen-bond acceptors (Lipinski definition) is 0. The van der Waals surface area contributed by atoms with Crippen LogP contribution in [-0.2, 0) is 0 Å². The van der Waals surface area contributed by atoms with Gasteiger partial charge < -0.3 is 12.9 Å². The molecule has 76 valence electrons. The molecule has 1 rings (SSSR count). The van der Waals surface area contributed by atoms with Gasteiger partial charge in [-0.05, 0) is 17.7 Å². The fraction of sp³-hybridized carbons (Fsp3) is 0. The van der Waals surface area contributed by atoms with Gasteiger partial charge in [-0.3, -0.25) is 0 Å². The van der Waals surface area contributed by atoms with Crippen molar-refractivity contribution in [3.05, 3.63) is 40.8 Å². The Hall–Kier alpha value is 1.03. The molecule has 0 N–H and O–H groups in total. The van der Waals surface area contributed by atoms with Gasteiger partial charge in [-0.2, -0.15) is 0 Å². The maximum absolute atomic E-state index is 12.0. The number of halogens is 5. The molecule has 0 saturated heterocycles. The van der Waals surface area contributed by atoms with Crippen LogP contribution in [0.3, 0.4) is 0 Å². The first kappa shape index (κ1) is 16.0. The van der Waals surface area contributed by atoms with E-state index in [2.05, 4.69) is 0 Å². The summed E-state index contributed by atoms with van der Waals surface area (Å²) in [4.78, 5) is 0. The van der Waals surface area contributed by atoms with Crippen molar-refractivity contribution in [3.63, 3.8) is 0 Å². The van der Waals surface area contributed by atoms with Crippen molar-refractivity contribution in [2.24, 2.45) is 0 Å². The molecule has 15 heavy (non-hydrogen) atoms. The van der Waals surface area contributed by atoms with E-state index in [1.165, 1.54) is 18.2 Å². The topological polar surface area (TPSA) is 0 Å². The summed E-state index contributed by atoms with van der Waals surface area (Å²) < 4.78 is 35.9. The van der Waals surface area contributed by atoms with E-state index in [4.69, 9.17) is 23.2 Å². The van der Waals surface area contributed by atoms with Gasteiger partial charge in [0.2, 0.25) is 0 Å². The molecule has 0 aliphatic heterocycles. The molecule has 1 aromatic rings. The Morgan fingerprint density at radius 3 is 2.33 bits per heavy atom. The largest absolute Gasteiger partial charge is 1.00 e. The van der Waals surface area contributed by atoms with Gasteiger partial charge in [-0.25, -0.2) is 0 Å². The summed E-state index contributed by atoms with van der Waals surface area (Å²) in [6, 6.07) is 5.94. The quantitative estimate of drug-likeness (QED) is 0.716. The van der Waals surface area contributed by atoms with Crippen LogP contribution in [0.25, 0.3) is 5.03 Å². The van der Waals surface area contributed by atoms with Crippen LogP contribution in [-0.4, -0.2) is 6.98 Å². The van der Waals surface area contributed by atoms with Crippen LogP contribution in [0.1, 0.15) is 5.56 Å². The van der Waals surface area contributed by atoms with Gasteiger partial charge in [0, 0.05) is 10.1 Å². The van der Waals surface area contributed by atoms with Crippen molar-refractivity contribution in [2.45, 2.75) is 0 Å². The minimum Gasteiger partial charge on any atom is -0.445 e. The third-order valence-electron chi connectivity index (χ3n) is 1.44. The van der Waals surface area contributed by atoms with Crippen molar-refractivity contribution in [1.29, 1.82) is 0 Å². The van der Waals surface area contributed by atoms with Gasteiger partial charge in [-0.15, -0.1) is 5.98 Å². The van der Waals surface area contributed by atoms with Gasteiger partial charge in [0.15, 0.2) is 0 Å². The first-order valence-corrected chi connectivity index (χ1v) is 4.48. The van der Waals surface area contributed by atoms with Gasteiger partial charge in [-0.1, -0.05) is 35.3 Å². The average molecular weight is 279 g/mol. The second-order valence-electron chi connectivity index (χ2n) is 2.65. The van der Waals surface area contributed by atoms with Gasteiger partial charge >= 0.3 is 58.4 Å². The van der Waals surface area contributed by atoms with Crippen LogP contribution in [0.2, 0.25) is 5.02 Å². The summed E-state index contributed by atoms with van der Waals surface area (Å²) in [5.74, 6) is 0.0905. The molecule has 0 saturated carbocycles. The molecule has 0 unspecified atom stereocenters. The van der Waals surface area contributed by atoms with E-state index < -0.39 is 6.98 Å². The van der Waals surface area contributed by atoms with Crippen molar-refractivity contribution in [3.8, 4) is 0 Å². The van der Waals surface area contributed by atoms with Crippen molar-refractivity contribution in [1.82, 2.24) is 0 Å². The second kappa shape index (κ2) is 6.69. The summed E-state index contributed by atoms with van der Waals surface area (Å²) in [7, 11) is 0. The molecule has 0 aliphatic carbocycles. The van der Waals surface area contributed by atoms with Crippen LogP contribution >= 0.6 is 23.2 Å². The molecule has 0 atom stereocenters. The Morgan fingerprint density at radius 2 is 1.87 bits per heavy atom. The fourth-order valence-electron chi connectivity index (χ4n) is 0.899. The molecular formula is C8H5BCl2F3K. The zero-order chi connectivity index (χ0) is 10.8. The molecule has 1 aromatic carbocycles. The third-order valence-corrected chi connectivity index (χ3v) is 2.02. The first-order chi connectivity index (χ1) is 6.38. The van der Waals surface area contributed by atoms with Gasteiger partial charge in [0.1, 0.15) is 0 Å². The standard InChI is InChI=1S/C8H5BCl2F3.K/c10-7-3-1-2-6(4-7)8(11)5-9(12,13)14;/h1-5H;/q-1;+1/b8-5-;. The summed E-state index contributed by atoms with van der Waals surface area (Å²) in [5.41, 5.74) is 0.262. The smallest absolute Gasteiger partial charge is 0.445 e. The molecule has 0 spiro atoms. The maximum Gasteiger partial charge on any atom is 1.00 e. The second-order valence-corrected chi connectivity index (χ2v) is 3.49. The summed E-state index contributed by atoms with van der Waals surface area (Å²) in [6.07, 6.45) is 0. The van der Waals surface area contributed by atoms with Gasteiger partial charge in [0.25, 0.3) is 0 Å².